The highest BCUT2D eigenvalue weighted by Gasteiger charge is 2.48. The molecule has 0 amide bonds. The van der Waals surface area contributed by atoms with Crippen molar-refractivity contribution in [3.8, 4) is 0 Å². The van der Waals surface area contributed by atoms with Gasteiger partial charge in [-0.25, -0.2) is 0 Å². The molecule has 0 aliphatic carbocycles. The van der Waals surface area contributed by atoms with Gasteiger partial charge in [0.15, 0.2) is 0 Å². The zero-order valence-corrected chi connectivity index (χ0v) is 10.9. The van der Waals surface area contributed by atoms with Crippen molar-refractivity contribution >= 4 is 11.7 Å². The summed E-state index contributed by atoms with van der Waals surface area (Å²) in [5, 5.41) is 0. The smallest absolute Gasteiger partial charge is 0.318 e. The lowest BCUT2D eigenvalue weighted by atomic mass is 9.85. The third-order valence-corrected chi connectivity index (χ3v) is 3.37. The average Bonchev–Trinajstić information content (AvgIpc) is 2.38. The van der Waals surface area contributed by atoms with Crippen molar-refractivity contribution in [1.29, 1.82) is 0 Å². The lowest BCUT2D eigenvalue weighted by Crippen LogP contribution is -2.56. The van der Waals surface area contributed by atoms with Gasteiger partial charge in [0.05, 0.1) is 20.3 Å². The van der Waals surface area contributed by atoms with Gasteiger partial charge in [0, 0.05) is 18.8 Å². The molecule has 0 bridgehead atoms. The summed E-state index contributed by atoms with van der Waals surface area (Å²) in [6.07, 6.45) is 0. The normalized spacial score (nSPS) is 16.8. The fraction of sp³-hybridized carbons (Fsp3) is 0.500. The van der Waals surface area contributed by atoms with Gasteiger partial charge in [-0.1, -0.05) is 18.2 Å². The van der Waals surface area contributed by atoms with E-state index >= 15 is 0 Å². The highest BCUT2D eigenvalue weighted by molar-refractivity contribution is 5.79. The first-order valence-corrected chi connectivity index (χ1v) is 6.18. The average molecular weight is 249 g/mol. The standard InChI is InChI=1S/C14H19NO3/c1-3-15(12-7-5-4-6-8-12)9-14(10-18-11-14)13(16)17-2/h4-8H,3,9-11H2,1-2H3. The van der Waals surface area contributed by atoms with E-state index < -0.39 is 5.41 Å². The van der Waals surface area contributed by atoms with Crippen LogP contribution in [0.15, 0.2) is 30.3 Å². The third-order valence-electron chi connectivity index (χ3n) is 3.37. The molecule has 0 aromatic heterocycles. The summed E-state index contributed by atoms with van der Waals surface area (Å²) in [6.45, 7) is 4.46. The Balaban J connectivity index is 2.13. The Morgan fingerprint density at radius 1 is 1.39 bits per heavy atom. The molecule has 0 N–H and O–H groups in total. The fourth-order valence-electron chi connectivity index (χ4n) is 2.23. The molecule has 2 rings (SSSR count). The van der Waals surface area contributed by atoms with Crippen LogP contribution in [0.4, 0.5) is 5.69 Å². The van der Waals surface area contributed by atoms with Gasteiger partial charge in [0.2, 0.25) is 0 Å². The topological polar surface area (TPSA) is 38.8 Å². The fourth-order valence-corrected chi connectivity index (χ4v) is 2.23. The van der Waals surface area contributed by atoms with E-state index in [1.165, 1.54) is 7.11 Å². The van der Waals surface area contributed by atoms with Gasteiger partial charge < -0.3 is 14.4 Å². The minimum atomic E-state index is -0.499. The Bertz CT molecular complexity index is 401. The third kappa shape index (κ3) is 2.34. The molecule has 0 radical (unpaired) electrons. The van der Waals surface area contributed by atoms with Crippen molar-refractivity contribution in [1.82, 2.24) is 0 Å². The first kappa shape index (κ1) is 12.9. The monoisotopic (exact) mass is 249 g/mol. The zero-order chi connectivity index (χ0) is 13.0. The summed E-state index contributed by atoms with van der Waals surface area (Å²) in [4.78, 5) is 14.0. The number of anilines is 1. The molecule has 98 valence electrons. The SMILES string of the molecule is CCN(CC1(C(=O)OC)COC1)c1ccccc1. The molecule has 1 aliphatic heterocycles. The number of carbonyl (C=O) groups is 1. The maximum atomic E-state index is 11.9. The van der Waals surface area contributed by atoms with Crippen LogP contribution in [-0.2, 0) is 14.3 Å². The molecule has 1 aromatic rings. The molecule has 18 heavy (non-hydrogen) atoms. The lowest BCUT2D eigenvalue weighted by molar-refractivity contribution is -0.181. The van der Waals surface area contributed by atoms with Crippen LogP contribution in [0.25, 0.3) is 0 Å². The van der Waals surface area contributed by atoms with Gasteiger partial charge in [0.25, 0.3) is 0 Å². The summed E-state index contributed by atoms with van der Waals surface area (Å²) in [5.41, 5.74) is 0.621. The summed E-state index contributed by atoms with van der Waals surface area (Å²) < 4.78 is 10.1. The summed E-state index contributed by atoms with van der Waals surface area (Å²) in [7, 11) is 1.43. The van der Waals surface area contributed by atoms with Crippen LogP contribution in [0.2, 0.25) is 0 Å². The second kappa shape index (κ2) is 5.40. The number of methoxy groups -OCH3 is 1. The van der Waals surface area contributed by atoms with Crippen molar-refractivity contribution in [2.24, 2.45) is 5.41 Å². The van der Waals surface area contributed by atoms with E-state index in [9.17, 15) is 4.79 Å². The molecule has 1 heterocycles. The summed E-state index contributed by atoms with van der Waals surface area (Å²) in [6, 6.07) is 10.1. The van der Waals surface area contributed by atoms with E-state index in [0.717, 1.165) is 12.2 Å². The van der Waals surface area contributed by atoms with Crippen molar-refractivity contribution in [2.45, 2.75) is 6.92 Å². The van der Waals surface area contributed by atoms with E-state index in [0.29, 0.717) is 19.8 Å². The van der Waals surface area contributed by atoms with E-state index in [2.05, 4.69) is 11.8 Å². The number of para-hydroxylation sites is 1. The number of carbonyl (C=O) groups excluding carboxylic acids is 1. The molecule has 0 unspecified atom stereocenters. The van der Waals surface area contributed by atoms with Crippen molar-refractivity contribution < 1.29 is 14.3 Å². The highest BCUT2D eigenvalue weighted by atomic mass is 16.5. The Labute approximate surface area is 107 Å². The molecule has 4 nitrogen and oxygen atoms in total. The number of hydrogen-bond donors (Lipinski definition) is 0. The van der Waals surface area contributed by atoms with Crippen LogP contribution in [0.3, 0.4) is 0 Å². The van der Waals surface area contributed by atoms with Crippen LogP contribution in [0.5, 0.6) is 0 Å². The molecule has 1 saturated heterocycles. The molecular formula is C14H19NO3. The van der Waals surface area contributed by atoms with Crippen molar-refractivity contribution in [3.63, 3.8) is 0 Å². The zero-order valence-electron chi connectivity index (χ0n) is 10.9. The van der Waals surface area contributed by atoms with Gasteiger partial charge in [0.1, 0.15) is 5.41 Å². The van der Waals surface area contributed by atoms with E-state index in [1.54, 1.807) is 0 Å². The second-order valence-electron chi connectivity index (χ2n) is 4.61. The first-order valence-electron chi connectivity index (χ1n) is 6.18. The second-order valence-corrected chi connectivity index (χ2v) is 4.61. The molecule has 0 atom stereocenters. The minimum Gasteiger partial charge on any atom is -0.468 e. The number of benzene rings is 1. The molecular weight excluding hydrogens is 230 g/mol. The quantitative estimate of drug-likeness (QED) is 0.745. The largest absolute Gasteiger partial charge is 0.468 e. The van der Waals surface area contributed by atoms with Crippen molar-refractivity contribution in [2.75, 3.05) is 38.3 Å². The molecule has 1 aromatic carbocycles. The number of nitrogens with zero attached hydrogens (tertiary/aromatic N) is 1. The number of esters is 1. The molecule has 0 saturated carbocycles. The Hall–Kier alpha value is -1.55. The Morgan fingerprint density at radius 2 is 2.06 bits per heavy atom. The molecule has 4 heteroatoms. The van der Waals surface area contributed by atoms with Crippen LogP contribution in [0.1, 0.15) is 6.92 Å². The first-order chi connectivity index (χ1) is 8.72. The van der Waals surface area contributed by atoms with Crippen LogP contribution in [0, 0.1) is 5.41 Å². The molecule has 0 spiro atoms. The minimum absolute atomic E-state index is 0.178. The number of ether oxygens (including phenoxy) is 2. The maximum Gasteiger partial charge on any atom is 0.318 e. The van der Waals surface area contributed by atoms with Gasteiger partial charge in [-0.15, -0.1) is 0 Å². The summed E-state index contributed by atoms with van der Waals surface area (Å²) in [5.74, 6) is -0.178. The summed E-state index contributed by atoms with van der Waals surface area (Å²) >= 11 is 0. The Morgan fingerprint density at radius 3 is 2.50 bits per heavy atom. The Kier molecular flexibility index (Phi) is 3.87. The maximum absolute atomic E-state index is 11.9. The number of rotatable bonds is 5. The van der Waals surface area contributed by atoms with Crippen LogP contribution < -0.4 is 4.90 Å². The molecule has 1 aliphatic rings. The number of hydrogen-bond acceptors (Lipinski definition) is 4. The van der Waals surface area contributed by atoms with E-state index in [1.807, 2.05) is 30.3 Å². The van der Waals surface area contributed by atoms with Gasteiger partial charge in [-0.05, 0) is 19.1 Å². The predicted molar refractivity (Wildman–Crippen MR) is 69.6 cm³/mol. The van der Waals surface area contributed by atoms with E-state index in [-0.39, 0.29) is 5.97 Å². The lowest BCUT2D eigenvalue weighted by Gasteiger charge is -2.42. The van der Waals surface area contributed by atoms with Crippen LogP contribution >= 0.6 is 0 Å². The van der Waals surface area contributed by atoms with Gasteiger partial charge >= 0.3 is 5.97 Å². The molecule has 1 fully saturated rings. The predicted octanol–water partition coefficient (Wildman–Crippen LogP) is 1.70. The highest BCUT2D eigenvalue weighted by Crippen LogP contribution is 2.31. The van der Waals surface area contributed by atoms with Gasteiger partial charge in [-0.3, -0.25) is 4.79 Å². The van der Waals surface area contributed by atoms with Crippen molar-refractivity contribution in [3.05, 3.63) is 30.3 Å². The van der Waals surface area contributed by atoms with Gasteiger partial charge in [-0.2, -0.15) is 0 Å². The van der Waals surface area contributed by atoms with E-state index in [4.69, 9.17) is 9.47 Å². The van der Waals surface area contributed by atoms with Crippen LogP contribution in [-0.4, -0.2) is 39.4 Å².